The van der Waals surface area contributed by atoms with Crippen molar-refractivity contribution in [2.45, 2.75) is 33.2 Å². The number of nitrogens with zero attached hydrogens (tertiary/aromatic N) is 1. The molecule has 1 rings (SSSR count). The smallest absolute Gasteiger partial charge is 0.310 e. The van der Waals surface area contributed by atoms with Crippen molar-refractivity contribution in [2.24, 2.45) is 5.73 Å². The van der Waals surface area contributed by atoms with Gasteiger partial charge in [0.25, 0.3) is 0 Å². The molecule has 0 fully saturated rings. The second-order valence-corrected chi connectivity index (χ2v) is 3.94. The maximum absolute atomic E-state index is 11.4. The van der Waals surface area contributed by atoms with Crippen LogP contribution in [0.15, 0.2) is 12.1 Å². The van der Waals surface area contributed by atoms with Crippen molar-refractivity contribution in [2.75, 3.05) is 6.61 Å². The minimum atomic E-state index is -0.257. The lowest BCUT2D eigenvalue weighted by atomic mass is 9.95. The number of carbonyl (C=O) groups is 1. The van der Waals surface area contributed by atoms with E-state index in [1.54, 1.807) is 6.92 Å². The minimum absolute atomic E-state index is 0.222. The molecule has 4 heteroatoms. The summed E-state index contributed by atoms with van der Waals surface area (Å²) in [6, 6.07) is 5.87. The Morgan fingerprint density at radius 1 is 1.39 bits per heavy atom. The van der Waals surface area contributed by atoms with Crippen molar-refractivity contribution in [3.8, 4) is 6.07 Å². The summed E-state index contributed by atoms with van der Waals surface area (Å²) in [6.45, 7) is 4.43. The topological polar surface area (TPSA) is 76.1 Å². The van der Waals surface area contributed by atoms with Gasteiger partial charge >= 0.3 is 5.97 Å². The van der Waals surface area contributed by atoms with Gasteiger partial charge in [-0.3, -0.25) is 4.79 Å². The molecule has 1 aromatic carbocycles. The highest BCUT2D eigenvalue weighted by Crippen LogP contribution is 2.18. The van der Waals surface area contributed by atoms with Crippen LogP contribution in [0.4, 0.5) is 0 Å². The highest BCUT2D eigenvalue weighted by Gasteiger charge is 2.11. The highest BCUT2D eigenvalue weighted by atomic mass is 16.5. The molecule has 0 saturated heterocycles. The lowest BCUT2D eigenvalue weighted by Crippen LogP contribution is -2.10. The number of rotatable bonds is 5. The van der Waals surface area contributed by atoms with E-state index in [9.17, 15) is 4.79 Å². The average Bonchev–Trinajstić information content (AvgIpc) is 2.37. The van der Waals surface area contributed by atoms with Gasteiger partial charge < -0.3 is 10.5 Å². The third-order valence-corrected chi connectivity index (χ3v) is 2.73. The number of benzene rings is 1. The first-order chi connectivity index (χ1) is 8.65. The zero-order valence-corrected chi connectivity index (χ0v) is 10.8. The monoisotopic (exact) mass is 246 g/mol. The lowest BCUT2D eigenvalue weighted by molar-refractivity contribution is -0.142. The fraction of sp³-hybridized carbons (Fsp3) is 0.429. The van der Waals surface area contributed by atoms with Crippen LogP contribution in [0.1, 0.15) is 36.1 Å². The Balaban J connectivity index is 3.08. The van der Waals surface area contributed by atoms with Crippen LogP contribution in [0.2, 0.25) is 0 Å². The summed E-state index contributed by atoms with van der Waals surface area (Å²) in [5, 5.41) is 9.12. The van der Waals surface area contributed by atoms with Gasteiger partial charge in [-0.15, -0.1) is 0 Å². The quantitative estimate of drug-likeness (QED) is 0.802. The van der Waals surface area contributed by atoms with Crippen LogP contribution < -0.4 is 5.73 Å². The molecular weight excluding hydrogens is 228 g/mol. The molecule has 0 unspecified atom stereocenters. The van der Waals surface area contributed by atoms with Gasteiger partial charge in [-0.2, -0.15) is 5.26 Å². The molecular formula is C14H18N2O2. The first-order valence-electron chi connectivity index (χ1n) is 6.06. The first kappa shape index (κ1) is 14.2. The van der Waals surface area contributed by atoms with Gasteiger partial charge in [0.1, 0.15) is 0 Å². The summed E-state index contributed by atoms with van der Waals surface area (Å²) in [5.74, 6) is -0.257. The van der Waals surface area contributed by atoms with Crippen LogP contribution in [-0.2, 0) is 28.9 Å². The zero-order valence-electron chi connectivity index (χ0n) is 10.8. The fourth-order valence-electron chi connectivity index (χ4n) is 1.90. The van der Waals surface area contributed by atoms with Crippen LogP contribution in [0.5, 0.6) is 0 Å². The highest BCUT2D eigenvalue weighted by molar-refractivity contribution is 5.73. The van der Waals surface area contributed by atoms with Gasteiger partial charge in [-0.25, -0.2) is 0 Å². The van der Waals surface area contributed by atoms with Crippen molar-refractivity contribution in [3.05, 3.63) is 34.4 Å². The molecule has 2 N–H and O–H groups in total. The Kier molecular flexibility index (Phi) is 5.34. The summed E-state index contributed by atoms with van der Waals surface area (Å²) in [5.41, 5.74) is 8.84. The predicted octanol–water partition coefficient (Wildman–Crippen LogP) is 1.68. The third-order valence-electron chi connectivity index (χ3n) is 2.73. The number of nitrogens with two attached hydrogens (primary N) is 1. The SMILES string of the molecule is CCOC(=O)Cc1cc(CC)c(C#N)c(CN)c1. The summed E-state index contributed by atoms with van der Waals surface area (Å²) in [6.07, 6.45) is 0.964. The van der Waals surface area contributed by atoms with E-state index in [0.717, 1.165) is 23.1 Å². The second-order valence-electron chi connectivity index (χ2n) is 3.94. The first-order valence-corrected chi connectivity index (χ1v) is 6.06. The molecule has 0 bridgehead atoms. The molecule has 4 nitrogen and oxygen atoms in total. The van der Waals surface area contributed by atoms with E-state index in [0.29, 0.717) is 18.7 Å². The van der Waals surface area contributed by atoms with E-state index in [1.165, 1.54) is 0 Å². The molecule has 0 aliphatic carbocycles. The van der Waals surface area contributed by atoms with Crippen LogP contribution in [-0.4, -0.2) is 12.6 Å². The van der Waals surface area contributed by atoms with E-state index in [2.05, 4.69) is 6.07 Å². The number of hydrogen-bond donors (Lipinski definition) is 1. The molecule has 0 saturated carbocycles. The van der Waals surface area contributed by atoms with E-state index in [-0.39, 0.29) is 12.4 Å². The predicted molar refractivity (Wildman–Crippen MR) is 68.8 cm³/mol. The lowest BCUT2D eigenvalue weighted by Gasteiger charge is -2.10. The maximum atomic E-state index is 11.4. The normalized spacial score (nSPS) is 9.89. The number of aryl methyl sites for hydroxylation is 1. The van der Waals surface area contributed by atoms with Gasteiger partial charge in [0.05, 0.1) is 24.7 Å². The van der Waals surface area contributed by atoms with Crippen molar-refractivity contribution in [1.29, 1.82) is 5.26 Å². The number of ether oxygens (including phenoxy) is 1. The Morgan fingerprint density at radius 2 is 2.06 bits per heavy atom. The Hall–Kier alpha value is -1.86. The number of hydrogen-bond acceptors (Lipinski definition) is 4. The van der Waals surface area contributed by atoms with Crippen LogP contribution >= 0.6 is 0 Å². The van der Waals surface area contributed by atoms with Crippen molar-refractivity contribution >= 4 is 5.97 Å². The minimum Gasteiger partial charge on any atom is -0.466 e. The average molecular weight is 246 g/mol. The van der Waals surface area contributed by atoms with Crippen LogP contribution in [0.3, 0.4) is 0 Å². The summed E-state index contributed by atoms with van der Waals surface area (Å²) in [7, 11) is 0. The van der Waals surface area contributed by atoms with Crippen molar-refractivity contribution in [1.82, 2.24) is 0 Å². The van der Waals surface area contributed by atoms with Crippen LogP contribution in [0, 0.1) is 11.3 Å². The standard InChI is InChI=1S/C14H18N2O2/c1-3-11-5-10(7-14(17)18-4-2)6-12(8-15)13(11)9-16/h5-6H,3-4,7-8,15H2,1-2H3. The van der Waals surface area contributed by atoms with E-state index >= 15 is 0 Å². The van der Waals surface area contributed by atoms with E-state index in [1.807, 2.05) is 19.1 Å². The van der Waals surface area contributed by atoms with Crippen molar-refractivity contribution in [3.63, 3.8) is 0 Å². The van der Waals surface area contributed by atoms with Gasteiger partial charge in [0, 0.05) is 6.54 Å². The summed E-state index contributed by atoms with van der Waals surface area (Å²) in [4.78, 5) is 11.4. The van der Waals surface area contributed by atoms with Gasteiger partial charge in [-0.05, 0) is 30.0 Å². The molecule has 0 atom stereocenters. The van der Waals surface area contributed by atoms with E-state index < -0.39 is 0 Å². The number of esters is 1. The second kappa shape index (κ2) is 6.77. The maximum Gasteiger partial charge on any atom is 0.310 e. The molecule has 0 heterocycles. The molecule has 0 amide bonds. The third kappa shape index (κ3) is 3.31. The molecule has 0 spiro atoms. The Labute approximate surface area is 107 Å². The van der Waals surface area contributed by atoms with Crippen molar-refractivity contribution < 1.29 is 9.53 Å². The number of nitriles is 1. The molecule has 96 valence electrons. The fourth-order valence-corrected chi connectivity index (χ4v) is 1.90. The molecule has 1 aromatic rings. The zero-order chi connectivity index (χ0) is 13.5. The summed E-state index contributed by atoms with van der Waals surface area (Å²) < 4.78 is 4.91. The largest absolute Gasteiger partial charge is 0.466 e. The molecule has 18 heavy (non-hydrogen) atoms. The van der Waals surface area contributed by atoms with Gasteiger partial charge in [0.2, 0.25) is 0 Å². The number of carbonyl (C=O) groups excluding carboxylic acids is 1. The van der Waals surface area contributed by atoms with Gasteiger partial charge in [0.15, 0.2) is 0 Å². The molecule has 0 aliphatic heterocycles. The Morgan fingerprint density at radius 3 is 2.56 bits per heavy atom. The van der Waals surface area contributed by atoms with Crippen LogP contribution in [0.25, 0.3) is 0 Å². The van der Waals surface area contributed by atoms with Gasteiger partial charge in [-0.1, -0.05) is 19.1 Å². The molecule has 0 aliphatic rings. The Bertz CT molecular complexity index is 450. The summed E-state index contributed by atoms with van der Waals surface area (Å²) >= 11 is 0. The molecule has 0 aromatic heterocycles. The van der Waals surface area contributed by atoms with E-state index in [4.69, 9.17) is 15.7 Å². The molecule has 0 radical (unpaired) electrons.